The Kier molecular flexibility index (Phi) is 6.45. The highest BCUT2D eigenvalue weighted by Gasteiger charge is 2.21. The zero-order valence-electron chi connectivity index (χ0n) is 18.9. The largest absolute Gasteiger partial charge is 0.346 e. The summed E-state index contributed by atoms with van der Waals surface area (Å²) in [5.41, 5.74) is 5.46. The number of hydrogen-bond acceptors (Lipinski definition) is 5. The molecule has 1 aliphatic heterocycles. The fourth-order valence-electron chi connectivity index (χ4n) is 3.96. The lowest BCUT2D eigenvalue weighted by atomic mass is 10.1. The van der Waals surface area contributed by atoms with Crippen molar-refractivity contribution in [3.8, 4) is 11.3 Å². The average Bonchev–Trinajstić information content (AvgIpc) is 2.99. The number of anilines is 3. The minimum absolute atomic E-state index is 0.0910. The molecule has 7 nitrogen and oxygen atoms in total. The SMILES string of the molecule is CC(NC(=O)c1ccc(Nc2ncc3c(n2)-c2ccc(I)cc2NC(=O)C3)cc1)c1ccccc1. The molecule has 8 heteroatoms. The molecule has 1 atom stereocenters. The fraction of sp³-hybridized carbons (Fsp3) is 0.111. The third kappa shape index (κ3) is 5.17. The van der Waals surface area contributed by atoms with Crippen LogP contribution in [0.15, 0.2) is 79.0 Å². The Labute approximate surface area is 216 Å². The molecule has 1 aliphatic rings. The van der Waals surface area contributed by atoms with Gasteiger partial charge in [-0.1, -0.05) is 30.3 Å². The van der Waals surface area contributed by atoms with Gasteiger partial charge in [-0.3, -0.25) is 9.59 Å². The van der Waals surface area contributed by atoms with Crippen LogP contribution in [0, 0.1) is 3.57 Å². The topological polar surface area (TPSA) is 96.0 Å². The van der Waals surface area contributed by atoms with Crippen molar-refractivity contribution in [3.05, 3.63) is 99.3 Å². The molecule has 0 bridgehead atoms. The molecule has 3 N–H and O–H groups in total. The molecular weight excluding hydrogens is 553 g/mol. The van der Waals surface area contributed by atoms with Crippen LogP contribution in [0.4, 0.5) is 17.3 Å². The predicted octanol–water partition coefficient (Wildman–Crippen LogP) is 5.48. The van der Waals surface area contributed by atoms with Crippen LogP contribution < -0.4 is 16.0 Å². The second-order valence-corrected chi connectivity index (χ2v) is 9.54. The third-order valence-electron chi connectivity index (χ3n) is 5.78. The van der Waals surface area contributed by atoms with Crippen LogP contribution in [0.3, 0.4) is 0 Å². The smallest absolute Gasteiger partial charge is 0.251 e. The second-order valence-electron chi connectivity index (χ2n) is 8.29. The highest BCUT2D eigenvalue weighted by Crippen LogP contribution is 2.34. The summed E-state index contributed by atoms with van der Waals surface area (Å²) < 4.78 is 1.03. The first kappa shape index (κ1) is 23.0. The highest BCUT2D eigenvalue weighted by atomic mass is 127. The van der Waals surface area contributed by atoms with E-state index in [2.05, 4.69) is 43.5 Å². The molecule has 0 fully saturated rings. The number of aromatic nitrogens is 2. The van der Waals surface area contributed by atoms with E-state index in [1.807, 2.05) is 67.6 Å². The number of nitrogens with zero attached hydrogens (tertiary/aromatic N) is 2. The van der Waals surface area contributed by atoms with E-state index in [0.29, 0.717) is 11.5 Å². The van der Waals surface area contributed by atoms with Gasteiger partial charge >= 0.3 is 0 Å². The number of amides is 2. The Morgan fingerprint density at radius 1 is 1.06 bits per heavy atom. The lowest BCUT2D eigenvalue weighted by molar-refractivity contribution is -0.115. The summed E-state index contributed by atoms with van der Waals surface area (Å²) in [5, 5.41) is 9.17. The summed E-state index contributed by atoms with van der Waals surface area (Å²) in [4.78, 5) is 34.1. The van der Waals surface area contributed by atoms with E-state index in [1.54, 1.807) is 18.3 Å². The van der Waals surface area contributed by atoms with Crippen LogP contribution in [-0.4, -0.2) is 21.8 Å². The van der Waals surface area contributed by atoms with Crippen molar-refractivity contribution in [2.75, 3.05) is 10.6 Å². The molecule has 0 aliphatic carbocycles. The standard InChI is InChI=1S/C27H22IN5O2/c1-16(17-5-3-2-4-6-17)30-26(35)18-7-10-21(11-8-18)31-27-29-15-19-13-24(34)32-23-14-20(28)9-12-22(23)25(19)33-27/h2-12,14-16H,13H2,1H3,(H,30,35)(H,32,34)(H,29,31,33). The number of hydrogen-bond donors (Lipinski definition) is 3. The van der Waals surface area contributed by atoms with Crippen LogP contribution in [0.25, 0.3) is 11.3 Å². The Morgan fingerprint density at radius 3 is 2.60 bits per heavy atom. The normalized spacial score (nSPS) is 13.0. The van der Waals surface area contributed by atoms with E-state index in [0.717, 1.165) is 37.3 Å². The summed E-state index contributed by atoms with van der Waals surface area (Å²) in [5.74, 6) is 0.182. The van der Waals surface area contributed by atoms with Crippen LogP contribution >= 0.6 is 22.6 Å². The maximum absolute atomic E-state index is 12.7. The van der Waals surface area contributed by atoms with Crippen molar-refractivity contribution in [2.24, 2.45) is 0 Å². The maximum atomic E-state index is 12.7. The number of fused-ring (bicyclic) bond motifs is 3. The highest BCUT2D eigenvalue weighted by molar-refractivity contribution is 14.1. The number of benzene rings is 3. The number of carbonyl (C=O) groups is 2. The molecular formula is C27H22IN5O2. The molecule has 5 rings (SSSR count). The van der Waals surface area contributed by atoms with Crippen molar-refractivity contribution in [2.45, 2.75) is 19.4 Å². The van der Waals surface area contributed by atoms with Crippen molar-refractivity contribution >= 4 is 51.7 Å². The van der Waals surface area contributed by atoms with Crippen LogP contribution in [-0.2, 0) is 11.2 Å². The third-order valence-corrected chi connectivity index (χ3v) is 6.45. The second kappa shape index (κ2) is 9.83. The molecule has 0 saturated heterocycles. The molecule has 3 aromatic carbocycles. The van der Waals surface area contributed by atoms with Crippen LogP contribution in [0.5, 0.6) is 0 Å². The first-order valence-electron chi connectivity index (χ1n) is 11.1. The molecule has 2 amide bonds. The molecule has 4 aromatic rings. The van der Waals surface area contributed by atoms with Gasteiger partial charge in [-0.25, -0.2) is 9.97 Å². The van der Waals surface area contributed by atoms with Gasteiger partial charge < -0.3 is 16.0 Å². The van der Waals surface area contributed by atoms with Crippen molar-refractivity contribution in [1.82, 2.24) is 15.3 Å². The summed E-state index contributed by atoms with van der Waals surface area (Å²) >= 11 is 2.22. The minimum atomic E-state index is -0.141. The monoisotopic (exact) mass is 575 g/mol. The molecule has 1 unspecified atom stereocenters. The lowest BCUT2D eigenvalue weighted by Gasteiger charge is -2.14. The Hall–Kier alpha value is -3.79. The molecule has 1 aromatic heterocycles. The molecule has 0 spiro atoms. The van der Waals surface area contributed by atoms with Crippen molar-refractivity contribution in [3.63, 3.8) is 0 Å². The number of rotatable bonds is 5. The summed E-state index contributed by atoms with van der Waals surface area (Å²) in [6.07, 6.45) is 1.90. The van der Waals surface area contributed by atoms with Gasteiger partial charge in [0.1, 0.15) is 0 Å². The molecule has 0 radical (unpaired) electrons. The summed E-state index contributed by atoms with van der Waals surface area (Å²) in [6, 6.07) is 22.8. The minimum Gasteiger partial charge on any atom is -0.346 e. The van der Waals surface area contributed by atoms with Gasteiger partial charge in [0.15, 0.2) is 0 Å². The van der Waals surface area contributed by atoms with Crippen molar-refractivity contribution < 1.29 is 9.59 Å². The Balaban J connectivity index is 1.33. The first-order valence-corrected chi connectivity index (χ1v) is 12.2. The van der Waals surface area contributed by atoms with Gasteiger partial charge in [0.2, 0.25) is 11.9 Å². The number of nitrogens with one attached hydrogen (secondary N) is 3. The molecule has 0 saturated carbocycles. The van der Waals surface area contributed by atoms with Crippen LogP contribution in [0.2, 0.25) is 0 Å². The van der Waals surface area contributed by atoms with Gasteiger partial charge in [0, 0.05) is 32.1 Å². The van der Waals surface area contributed by atoms with Crippen molar-refractivity contribution in [1.29, 1.82) is 0 Å². The number of carbonyl (C=O) groups excluding carboxylic acids is 2. The molecule has 35 heavy (non-hydrogen) atoms. The van der Waals surface area contributed by atoms with Gasteiger partial charge in [-0.05, 0) is 77.5 Å². The lowest BCUT2D eigenvalue weighted by Crippen LogP contribution is -2.26. The Morgan fingerprint density at radius 2 is 1.83 bits per heavy atom. The van der Waals surface area contributed by atoms with Gasteiger partial charge in [-0.2, -0.15) is 0 Å². The van der Waals surface area contributed by atoms with E-state index in [-0.39, 0.29) is 24.3 Å². The summed E-state index contributed by atoms with van der Waals surface area (Å²) in [6.45, 7) is 1.96. The molecule has 174 valence electrons. The summed E-state index contributed by atoms with van der Waals surface area (Å²) in [7, 11) is 0. The predicted molar refractivity (Wildman–Crippen MR) is 145 cm³/mol. The van der Waals surface area contributed by atoms with E-state index < -0.39 is 0 Å². The van der Waals surface area contributed by atoms with Gasteiger partial charge in [0.25, 0.3) is 5.91 Å². The van der Waals surface area contributed by atoms with E-state index >= 15 is 0 Å². The maximum Gasteiger partial charge on any atom is 0.251 e. The quantitative estimate of drug-likeness (QED) is 0.274. The van der Waals surface area contributed by atoms with Gasteiger partial charge in [-0.15, -0.1) is 0 Å². The van der Waals surface area contributed by atoms with E-state index in [9.17, 15) is 9.59 Å². The Bertz CT molecular complexity index is 1410. The average molecular weight is 575 g/mol. The fourth-order valence-corrected chi connectivity index (χ4v) is 4.45. The van der Waals surface area contributed by atoms with Gasteiger partial charge in [0.05, 0.1) is 23.8 Å². The first-order chi connectivity index (χ1) is 17.0. The van der Waals surface area contributed by atoms with E-state index in [4.69, 9.17) is 4.98 Å². The zero-order chi connectivity index (χ0) is 24.4. The van der Waals surface area contributed by atoms with Crippen LogP contribution in [0.1, 0.15) is 34.5 Å². The van der Waals surface area contributed by atoms with E-state index in [1.165, 1.54) is 0 Å². The zero-order valence-corrected chi connectivity index (χ0v) is 21.0. The number of halogens is 1. The molecule has 2 heterocycles.